The summed E-state index contributed by atoms with van der Waals surface area (Å²) in [7, 11) is 2.54. The van der Waals surface area contributed by atoms with Crippen LogP contribution in [0.15, 0.2) is 23.8 Å². The highest BCUT2D eigenvalue weighted by molar-refractivity contribution is 5.32. The predicted molar refractivity (Wildman–Crippen MR) is 159 cm³/mol. The van der Waals surface area contributed by atoms with Gasteiger partial charge in [0.05, 0.1) is 0 Å². The molecule has 0 aromatic heterocycles. The summed E-state index contributed by atoms with van der Waals surface area (Å²) in [6.07, 6.45) is 40.0. The summed E-state index contributed by atoms with van der Waals surface area (Å²) in [4.78, 5) is 2.93. The Bertz CT molecular complexity index is 922. The van der Waals surface area contributed by atoms with Crippen LogP contribution in [0.25, 0.3) is 0 Å². The zero-order valence-electron chi connectivity index (χ0n) is 24.7. The van der Waals surface area contributed by atoms with Crippen LogP contribution in [0, 0.1) is 52.3 Å². The molecule has 0 aromatic rings. The molecule has 0 heterocycles. The highest BCUT2D eigenvalue weighted by atomic mass is 15.2. The third-order valence-corrected chi connectivity index (χ3v) is 15.1. The molecule has 0 bridgehead atoms. The van der Waals surface area contributed by atoms with Gasteiger partial charge >= 0.3 is 0 Å². The number of allylic oxidation sites excluding steroid dienone is 3. The molecule has 0 radical (unpaired) electrons. The summed E-state index contributed by atoms with van der Waals surface area (Å²) in [5, 5.41) is 0. The van der Waals surface area contributed by atoms with E-state index < -0.39 is 0 Å². The smallest absolute Gasteiger partial charge is 0.0136 e. The first-order valence-electron chi connectivity index (χ1n) is 17.8. The maximum Gasteiger partial charge on any atom is 0.0136 e. The fourth-order valence-corrected chi connectivity index (χ4v) is 13.1. The average Bonchev–Trinajstić information content (AvgIpc) is 3.43. The van der Waals surface area contributed by atoms with E-state index in [0.717, 1.165) is 58.9 Å². The van der Waals surface area contributed by atoms with Gasteiger partial charge in [0.1, 0.15) is 0 Å². The Kier molecular flexibility index (Phi) is 6.47. The van der Waals surface area contributed by atoms with Gasteiger partial charge in [-0.3, -0.25) is 0 Å². The van der Waals surface area contributed by atoms with Crippen molar-refractivity contribution in [1.82, 2.24) is 4.90 Å². The van der Waals surface area contributed by atoms with Gasteiger partial charge in [-0.2, -0.15) is 0 Å². The van der Waals surface area contributed by atoms with Crippen LogP contribution < -0.4 is 0 Å². The van der Waals surface area contributed by atoms with Gasteiger partial charge in [0, 0.05) is 12.1 Å². The molecule has 6 atom stereocenters. The molecule has 0 aliphatic heterocycles. The lowest BCUT2D eigenvalue weighted by Gasteiger charge is -2.46. The minimum Gasteiger partial charge on any atom is -0.300 e. The minimum atomic E-state index is 0.640. The van der Waals surface area contributed by atoms with Crippen LogP contribution in [-0.4, -0.2) is 24.0 Å². The van der Waals surface area contributed by atoms with E-state index >= 15 is 0 Å². The molecule has 8 rings (SSSR count). The molecule has 38 heavy (non-hydrogen) atoms. The molecule has 6 saturated carbocycles. The second-order valence-corrected chi connectivity index (χ2v) is 16.2. The van der Waals surface area contributed by atoms with Crippen molar-refractivity contribution in [2.24, 2.45) is 52.3 Å². The van der Waals surface area contributed by atoms with Crippen molar-refractivity contribution in [2.75, 3.05) is 7.05 Å². The largest absolute Gasteiger partial charge is 0.300 e. The Morgan fingerprint density at radius 1 is 0.711 bits per heavy atom. The number of hydrogen-bond donors (Lipinski definition) is 0. The van der Waals surface area contributed by atoms with Gasteiger partial charge in [-0.15, -0.1) is 0 Å². The van der Waals surface area contributed by atoms with Gasteiger partial charge in [-0.05, 0) is 168 Å². The van der Waals surface area contributed by atoms with Crippen LogP contribution in [0.5, 0.6) is 0 Å². The average molecular weight is 516 g/mol. The van der Waals surface area contributed by atoms with Crippen molar-refractivity contribution >= 4 is 0 Å². The lowest BCUT2D eigenvalue weighted by Crippen LogP contribution is -2.46. The van der Waals surface area contributed by atoms with Gasteiger partial charge in [0.15, 0.2) is 0 Å². The first-order chi connectivity index (χ1) is 18.7. The second kappa shape index (κ2) is 9.77. The van der Waals surface area contributed by atoms with Crippen LogP contribution >= 0.6 is 0 Å². The van der Waals surface area contributed by atoms with Crippen LogP contribution in [0.1, 0.15) is 135 Å². The molecule has 0 amide bonds. The second-order valence-electron chi connectivity index (χ2n) is 16.2. The zero-order chi connectivity index (χ0) is 25.3. The first-order valence-corrected chi connectivity index (χ1v) is 17.8. The van der Waals surface area contributed by atoms with Crippen molar-refractivity contribution in [2.45, 2.75) is 147 Å². The summed E-state index contributed by atoms with van der Waals surface area (Å²) in [6.45, 7) is 0. The Morgan fingerprint density at radius 3 is 2.18 bits per heavy atom. The van der Waals surface area contributed by atoms with Crippen molar-refractivity contribution < 1.29 is 0 Å². The van der Waals surface area contributed by atoms with Crippen molar-refractivity contribution in [3.05, 3.63) is 23.8 Å². The van der Waals surface area contributed by atoms with E-state index in [4.69, 9.17) is 0 Å². The first kappa shape index (κ1) is 25.2. The molecule has 0 saturated heterocycles. The quantitative estimate of drug-likeness (QED) is 0.337. The standard InChI is InChI=1S/C37H57N/c1-38(31-19-20-33-32-9-2-3-10-34(32)36(35(33)24-31)21-6-7-22-36)30-17-13-27(14-18-30)26-11-15-28(16-12-26)37-23-5-4-8-29(37)25-37/h3,10,20,26-32,34-35H,2,4-9,11-19,21-25H2,1H3/t26?,27?,28?,29?,30?,31?,32?,34-,35+,37?/m0/s1. The van der Waals surface area contributed by atoms with Gasteiger partial charge < -0.3 is 4.90 Å². The molecule has 6 fully saturated rings. The summed E-state index contributed by atoms with van der Waals surface area (Å²) >= 11 is 0. The summed E-state index contributed by atoms with van der Waals surface area (Å²) in [5.41, 5.74) is 3.44. The van der Waals surface area contributed by atoms with Gasteiger partial charge in [-0.1, -0.05) is 49.5 Å². The number of fused-ring (bicyclic) bond motifs is 6. The molecule has 210 valence electrons. The Balaban J connectivity index is 0.868. The van der Waals surface area contributed by atoms with Gasteiger partial charge in [0.2, 0.25) is 0 Å². The van der Waals surface area contributed by atoms with Crippen LogP contribution in [0.4, 0.5) is 0 Å². The summed E-state index contributed by atoms with van der Waals surface area (Å²) in [5.74, 6) is 7.11. The van der Waals surface area contributed by atoms with Crippen molar-refractivity contribution in [3.8, 4) is 0 Å². The maximum atomic E-state index is 2.93. The molecule has 4 unspecified atom stereocenters. The van der Waals surface area contributed by atoms with E-state index in [1.54, 1.807) is 51.4 Å². The minimum absolute atomic E-state index is 0.640. The monoisotopic (exact) mass is 515 g/mol. The molecule has 0 aromatic carbocycles. The third-order valence-electron chi connectivity index (χ3n) is 15.1. The van der Waals surface area contributed by atoms with Crippen molar-refractivity contribution in [1.29, 1.82) is 0 Å². The summed E-state index contributed by atoms with van der Waals surface area (Å²) < 4.78 is 0. The maximum absolute atomic E-state index is 2.93. The summed E-state index contributed by atoms with van der Waals surface area (Å²) in [6, 6.07) is 1.67. The number of rotatable bonds is 4. The number of hydrogen-bond acceptors (Lipinski definition) is 1. The predicted octanol–water partition coefficient (Wildman–Crippen LogP) is 9.73. The highest BCUT2D eigenvalue weighted by Crippen LogP contribution is 2.69. The molecular weight excluding hydrogens is 458 g/mol. The van der Waals surface area contributed by atoms with E-state index in [1.165, 1.54) is 83.5 Å². The normalized spacial score (nSPS) is 49.4. The highest BCUT2D eigenvalue weighted by Gasteiger charge is 2.60. The van der Waals surface area contributed by atoms with Crippen LogP contribution in [-0.2, 0) is 0 Å². The topological polar surface area (TPSA) is 3.24 Å². The number of nitrogens with zero attached hydrogens (tertiary/aromatic N) is 1. The van der Waals surface area contributed by atoms with E-state index in [9.17, 15) is 0 Å². The molecular formula is C37H57N. The van der Waals surface area contributed by atoms with Gasteiger partial charge in [-0.25, -0.2) is 0 Å². The molecule has 8 aliphatic rings. The molecule has 1 spiro atoms. The van der Waals surface area contributed by atoms with Crippen LogP contribution in [0.2, 0.25) is 0 Å². The molecule has 8 aliphatic carbocycles. The fraction of sp³-hybridized carbons (Fsp3) is 0.892. The third kappa shape index (κ3) is 3.93. The van der Waals surface area contributed by atoms with E-state index in [0.29, 0.717) is 5.41 Å². The molecule has 1 nitrogen and oxygen atoms in total. The Labute approximate surface area is 234 Å². The fourth-order valence-electron chi connectivity index (χ4n) is 13.1. The molecule has 0 N–H and O–H groups in total. The SMILES string of the molecule is CN(C1CCC(C2CCC(C34CCCCC3C4)CC2)CC1)C1CC=C2C3CCC=C[C@@H]3C3(CCCC3)[C@@H]2C1. The molecule has 1 heteroatoms. The Morgan fingerprint density at radius 2 is 1.42 bits per heavy atom. The van der Waals surface area contributed by atoms with E-state index in [2.05, 4.69) is 30.2 Å². The lowest BCUT2D eigenvalue weighted by atomic mass is 9.65. The van der Waals surface area contributed by atoms with Crippen LogP contribution in [0.3, 0.4) is 0 Å². The lowest BCUT2D eigenvalue weighted by molar-refractivity contribution is 0.0578. The Hall–Kier alpha value is -0.560. The zero-order valence-corrected chi connectivity index (χ0v) is 24.7. The van der Waals surface area contributed by atoms with Crippen molar-refractivity contribution in [3.63, 3.8) is 0 Å². The van der Waals surface area contributed by atoms with E-state index in [-0.39, 0.29) is 0 Å². The van der Waals surface area contributed by atoms with E-state index in [1.807, 2.05) is 5.57 Å². The van der Waals surface area contributed by atoms with Gasteiger partial charge in [0.25, 0.3) is 0 Å².